The lowest BCUT2D eigenvalue weighted by molar-refractivity contribution is 0.303. The van der Waals surface area contributed by atoms with Gasteiger partial charge in [-0.2, -0.15) is 0 Å². The molecule has 0 aromatic carbocycles. The van der Waals surface area contributed by atoms with Crippen molar-refractivity contribution < 1.29 is 4.74 Å². The lowest BCUT2D eigenvalue weighted by atomic mass is 10.3. The minimum atomic E-state index is 0.658. The maximum Gasteiger partial charge on any atom is 0.144 e. The van der Waals surface area contributed by atoms with Crippen LogP contribution in [-0.4, -0.2) is 13.8 Å². The SMILES string of the molecule is C=C/C(N=C)=C(\C=C/C)OC. The number of rotatable bonds is 4. The zero-order chi connectivity index (χ0) is 8.69. The van der Waals surface area contributed by atoms with Crippen molar-refractivity contribution in [2.45, 2.75) is 6.92 Å². The van der Waals surface area contributed by atoms with Crippen LogP contribution >= 0.6 is 0 Å². The standard InChI is InChI=1S/C9H13NO/c1-5-7-9(11-4)8(6-2)10-3/h5-7H,2-3H2,1,4H3/b7-5-,9-8-. The maximum atomic E-state index is 5.02. The van der Waals surface area contributed by atoms with Crippen LogP contribution in [0.3, 0.4) is 0 Å². The second-order valence-corrected chi connectivity index (χ2v) is 1.82. The number of methoxy groups -OCH3 is 1. The van der Waals surface area contributed by atoms with E-state index in [0.29, 0.717) is 11.5 Å². The molecule has 0 saturated heterocycles. The van der Waals surface area contributed by atoms with Gasteiger partial charge in [0.25, 0.3) is 0 Å². The van der Waals surface area contributed by atoms with Gasteiger partial charge in [0.15, 0.2) is 0 Å². The van der Waals surface area contributed by atoms with Crippen LogP contribution in [0.15, 0.2) is 41.3 Å². The maximum absolute atomic E-state index is 5.02. The molecular weight excluding hydrogens is 138 g/mol. The summed E-state index contributed by atoms with van der Waals surface area (Å²) in [4.78, 5) is 3.73. The number of hydrogen-bond acceptors (Lipinski definition) is 2. The molecule has 0 unspecified atom stereocenters. The average molecular weight is 151 g/mol. The Morgan fingerprint density at radius 2 is 2.18 bits per heavy atom. The van der Waals surface area contributed by atoms with E-state index in [9.17, 15) is 0 Å². The van der Waals surface area contributed by atoms with Crippen LogP contribution in [0.4, 0.5) is 0 Å². The van der Waals surface area contributed by atoms with Gasteiger partial charge >= 0.3 is 0 Å². The van der Waals surface area contributed by atoms with E-state index in [0.717, 1.165) is 0 Å². The molecule has 0 fully saturated rings. The summed E-state index contributed by atoms with van der Waals surface area (Å²) in [5, 5.41) is 0. The van der Waals surface area contributed by atoms with E-state index in [4.69, 9.17) is 4.74 Å². The van der Waals surface area contributed by atoms with Gasteiger partial charge in [0, 0.05) is 0 Å². The van der Waals surface area contributed by atoms with Crippen LogP contribution in [0.2, 0.25) is 0 Å². The topological polar surface area (TPSA) is 21.6 Å². The van der Waals surface area contributed by atoms with Gasteiger partial charge in [0.1, 0.15) is 11.5 Å². The van der Waals surface area contributed by atoms with Gasteiger partial charge in [-0.3, -0.25) is 4.99 Å². The van der Waals surface area contributed by atoms with Crippen LogP contribution in [-0.2, 0) is 4.74 Å². The molecule has 11 heavy (non-hydrogen) atoms. The van der Waals surface area contributed by atoms with E-state index in [-0.39, 0.29) is 0 Å². The summed E-state index contributed by atoms with van der Waals surface area (Å²) in [6, 6.07) is 0. The average Bonchev–Trinajstić information content (AvgIpc) is 2.05. The van der Waals surface area contributed by atoms with Crippen molar-refractivity contribution in [1.29, 1.82) is 0 Å². The third-order valence-electron chi connectivity index (χ3n) is 1.15. The highest BCUT2D eigenvalue weighted by Crippen LogP contribution is 2.08. The fourth-order valence-corrected chi connectivity index (χ4v) is 0.652. The summed E-state index contributed by atoms with van der Waals surface area (Å²) < 4.78 is 5.02. The number of aliphatic imine (C=N–C) groups is 1. The molecule has 0 radical (unpaired) electrons. The van der Waals surface area contributed by atoms with Gasteiger partial charge in [0.05, 0.1) is 7.11 Å². The van der Waals surface area contributed by atoms with E-state index in [1.165, 1.54) is 0 Å². The molecule has 0 aliphatic carbocycles. The van der Waals surface area contributed by atoms with Crippen molar-refractivity contribution in [3.63, 3.8) is 0 Å². The van der Waals surface area contributed by atoms with Crippen molar-refractivity contribution in [2.24, 2.45) is 4.99 Å². The Hall–Kier alpha value is -1.31. The van der Waals surface area contributed by atoms with E-state index in [1.54, 1.807) is 13.2 Å². The minimum absolute atomic E-state index is 0.658. The molecule has 0 aromatic heterocycles. The van der Waals surface area contributed by atoms with Gasteiger partial charge in [-0.1, -0.05) is 12.7 Å². The van der Waals surface area contributed by atoms with Gasteiger partial charge in [0.2, 0.25) is 0 Å². The number of nitrogens with zero attached hydrogens (tertiary/aromatic N) is 1. The number of ether oxygens (including phenoxy) is 1. The summed E-state index contributed by atoms with van der Waals surface area (Å²) in [5.74, 6) is 0.678. The summed E-state index contributed by atoms with van der Waals surface area (Å²) >= 11 is 0. The van der Waals surface area contributed by atoms with Crippen LogP contribution in [0.5, 0.6) is 0 Å². The Morgan fingerprint density at radius 3 is 2.45 bits per heavy atom. The molecule has 0 heterocycles. The molecule has 0 rings (SSSR count). The molecule has 0 bridgehead atoms. The molecule has 0 aliphatic heterocycles. The first kappa shape index (κ1) is 9.69. The molecule has 0 spiro atoms. The Labute approximate surface area is 67.6 Å². The Kier molecular flexibility index (Phi) is 4.82. The summed E-state index contributed by atoms with van der Waals surface area (Å²) in [7, 11) is 1.59. The van der Waals surface area contributed by atoms with Crippen LogP contribution in [0.25, 0.3) is 0 Å². The van der Waals surface area contributed by atoms with Crippen molar-refractivity contribution in [3.8, 4) is 0 Å². The first-order chi connectivity index (χ1) is 5.29. The summed E-state index contributed by atoms with van der Waals surface area (Å²) in [6.07, 6.45) is 5.28. The van der Waals surface area contributed by atoms with Crippen molar-refractivity contribution in [2.75, 3.05) is 7.11 Å². The first-order valence-corrected chi connectivity index (χ1v) is 3.30. The predicted molar refractivity (Wildman–Crippen MR) is 48.6 cm³/mol. The van der Waals surface area contributed by atoms with Crippen LogP contribution in [0, 0.1) is 0 Å². The molecular formula is C9H13NO. The molecule has 0 N–H and O–H groups in total. The second kappa shape index (κ2) is 5.47. The number of hydrogen-bond donors (Lipinski definition) is 0. The molecule has 2 heteroatoms. The highest BCUT2D eigenvalue weighted by molar-refractivity contribution is 5.36. The summed E-state index contributed by atoms with van der Waals surface area (Å²) in [5.41, 5.74) is 0.658. The van der Waals surface area contributed by atoms with E-state index >= 15 is 0 Å². The Morgan fingerprint density at radius 1 is 1.55 bits per heavy atom. The fourth-order valence-electron chi connectivity index (χ4n) is 0.652. The monoisotopic (exact) mass is 151 g/mol. The molecule has 2 nitrogen and oxygen atoms in total. The van der Waals surface area contributed by atoms with Crippen LogP contribution in [0.1, 0.15) is 6.92 Å². The molecule has 0 amide bonds. The zero-order valence-corrected chi connectivity index (χ0v) is 7.00. The van der Waals surface area contributed by atoms with E-state index < -0.39 is 0 Å². The smallest absolute Gasteiger partial charge is 0.144 e. The van der Waals surface area contributed by atoms with Crippen molar-refractivity contribution in [3.05, 3.63) is 36.3 Å². The Balaban J connectivity index is 4.75. The molecule has 0 aromatic rings. The third kappa shape index (κ3) is 2.85. The Bertz CT molecular complexity index is 192. The van der Waals surface area contributed by atoms with Gasteiger partial charge in [-0.05, 0) is 25.8 Å². The minimum Gasteiger partial charge on any atom is -0.495 e. The normalized spacial score (nSPS) is 12.5. The largest absolute Gasteiger partial charge is 0.495 e. The highest BCUT2D eigenvalue weighted by Gasteiger charge is 1.95. The van der Waals surface area contributed by atoms with E-state index in [1.807, 2.05) is 19.1 Å². The second-order valence-electron chi connectivity index (χ2n) is 1.82. The molecule has 0 saturated carbocycles. The number of allylic oxidation sites excluding steroid dienone is 3. The fraction of sp³-hybridized carbons (Fsp3) is 0.222. The first-order valence-electron chi connectivity index (χ1n) is 3.30. The molecule has 0 atom stereocenters. The third-order valence-corrected chi connectivity index (χ3v) is 1.15. The van der Waals surface area contributed by atoms with Crippen molar-refractivity contribution in [1.82, 2.24) is 0 Å². The summed E-state index contributed by atoms with van der Waals surface area (Å²) in [6.45, 7) is 8.87. The quantitative estimate of drug-likeness (QED) is 0.343. The van der Waals surface area contributed by atoms with Gasteiger partial charge in [-0.25, -0.2) is 0 Å². The van der Waals surface area contributed by atoms with Gasteiger partial charge < -0.3 is 4.74 Å². The zero-order valence-electron chi connectivity index (χ0n) is 7.00. The van der Waals surface area contributed by atoms with Crippen LogP contribution < -0.4 is 0 Å². The van der Waals surface area contributed by atoms with E-state index in [2.05, 4.69) is 18.3 Å². The van der Waals surface area contributed by atoms with Crippen molar-refractivity contribution >= 4 is 6.72 Å². The lowest BCUT2D eigenvalue weighted by Gasteiger charge is -2.01. The lowest BCUT2D eigenvalue weighted by Crippen LogP contribution is -1.86. The highest BCUT2D eigenvalue weighted by atomic mass is 16.5. The predicted octanol–water partition coefficient (Wildman–Crippen LogP) is 2.31. The molecule has 60 valence electrons. The van der Waals surface area contributed by atoms with Gasteiger partial charge in [-0.15, -0.1) is 0 Å². The molecule has 0 aliphatic rings.